The molecule has 0 bridgehead atoms. The number of carbonyl (C=O) groups is 1. The van der Waals surface area contributed by atoms with Crippen molar-refractivity contribution in [2.45, 2.75) is 6.54 Å². The van der Waals surface area contributed by atoms with Gasteiger partial charge in [0.05, 0.1) is 12.1 Å². The lowest BCUT2D eigenvalue weighted by atomic mass is 10.2. The quantitative estimate of drug-likeness (QED) is 0.796. The molecule has 1 aromatic carbocycles. The second-order valence-electron chi connectivity index (χ2n) is 4.47. The molecule has 104 valence electrons. The Balaban J connectivity index is 1.73. The van der Waals surface area contributed by atoms with Crippen molar-refractivity contribution >= 4 is 5.91 Å². The number of benzene rings is 1. The summed E-state index contributed by atoms with van der Waals surface area (Å²) in [4.78, 5) is 20.2. The lowest BCUT2D eigenvalue weighted by molar-refractivity contribution is 0.0949. The molecular formula is C16H14N4O. The van der Waals surface area contributed by atoms with Gasteiger partial charge in [-0.1, -0.05) is 18.2 Å². The summed E-state index contributed by atoms with van der Waals surface area (Å²) in [7, 11) is 0. The third-order valence-corrected chi connectivity index (χ3v) is 3.08. The number of nitrogens with zero attached hydrogens (tertiary/aromatic N) is 3. The summed E-state index contributed by atoms with van der Waals surface area (Å²) in [6.45, 7) is 0.357. The van der Waals surface area contributed by atoms with Crippen molar-refractivity contribution in [2.24, 2.45) is 0 Å². The van der Waals surface area contributed by atoms with Crippen LogP contribution in [0.25, 0.3) is 5.69 Å². The smallest absolute Gasteiger partial charge is 0.253 e. The van der Waals surface area contributed by atoms with Crippen molar-refractivity contribution in [3.63, 3.8) is 0 Å². The molecule has 3 rings (SSSR count). The Morgan fingerprint density at radius 1 is 1.10 bits per heavy atom. The number of hydrogen-bond donors (Lipinski definition) is 1. The number of rotatable bonds is 4. The molecule has 0 fully saturated rings. The summed E-state index contributed by atoms with van der Waals surface area (Å²) in [5, 5.41) is 2.85. The van der Waals surface area contributed by atoms with Gasteiger partial charge in [-0.15, -0.1) is 0 Å². The summed E-state index contributed by atoms with van der Waals surface area (Å²) >= 11 is 0. The first-order valence-corrected chi connectivity index (χ1v) is 6.60. The molecule has 0 aliphatic carbocycles. The zero-order valence-corrected chi connectivity index (χ0v) is 11.3. The van der Waals surface area contributed by atoms with Gasteiger partial charge in [-0.3, -0.25) is 9.78 Å². The zero-order valence-electron chi connectivity index (χ0n) is 11.3. The van der Waals surface area contributed by atoms with Crippen molar-refractivity contribution in [3.05, 3.63) is 78.6 Å². The van der Waals surface area contributed by atoms with Gasteiger partial charge in [0.1, 0.15) is 5.82 Å². The fourth-order valence-electron chi connectivity index (χ4n) is 2.05. The van der Waals surface area contributed by atoms with Gasteiger partial charge in [0.25, 0.3) is 5.91 Å². The van der Waals surface area contributed by atoms with Gasteiger partial charge in [-0.25, -0.2) is 4.98 Å². The van der Waals surface area contributed by atoms with Crippen LogP contribution in [0.5, 0.6) is 0 Å². The molecule has 2 aromatic heterocycles. The van der Waals surface area contributed by atoms with Gasteiger partial charge >= 0.3 is 0 Å². The van der Waals surface area contributed by atoms with Gasteiger partial charge < -0.3 is 9.88 Å². The lowest BCUT2D eigenvalue weighted by Gasteiger charge is -2.08. The third kappa shape index (κ3) is 2.97. The van der Waals surface area contributed by atoms with Crippen molar-refractivity contribution in [2.75, 3.05) is 0 Å². The molecule has 0 spiro atoms. The molecule has 0 aliphatic rings. The van der Waals surface area contributed by atoms with E-state index in [1.54, 1.807) is 30.7 Å². The zero-order chi connectivity index (χ0) is 14.5. The summed E-state index contributed by atoms with van der Waals surface area (Å²) in [6.07, 6.45) is 6.78. The summed E-state index contributed by atoms with van der Waals surface area (Å²) in [5.41, 5.74) is 1.55. The minimum Gasteiger partial charge on any atom is -0.345 e. The topological polar surface area (TPSA) is 59.8 Å². The van der Waals surface area contributed by atoms with Crippen LogP contribution in [0.1, 0.15) is 16.2 Å². The van der Waals surface area contributed by atoms with Crippen molar-refractivity contribution in [1.29, 1.82) is 0 Å². The van der Waals surface area contributed by atoms with E-state index in [1.165, 1.54) is 0 Å². The van der Waals surface area contributed by atoms with E-state index in [0.29, 0.717) is 12.1 Å². The number of hydrogen-bond acceptors (Lipinski definition) is 3. The fraction of sp³-hybridized carbons (Fsp3) is 0.0625. The van der Waals surface area contributed by atoms with Crippen molar-refractivity contribution in [1.82, 2.24) is 19.9 Å². The molecule has 0 saturated heterocycles. The Bertz CT molecular complexity index is 722. The highest BCUT2D eigenvalue weighted by atomic mass is 16.1. The molecule has 1 amide bonds. The average Bonchev–Trinajstić information content (AvgIpc) is 3.03. The summed E-state index contributed by atoms with van der Waals surface area (Å²) in [6, 6.07) is 13.3. The maximum atomic E-state index is 12.0. The summed E-state index contributed by atoms with van der Waals surface area (Å²) in [5.74, 6) is 0.615. The van der Waals surface area contributed by atoms with E-state index in [1.807, 2.05) is 41.1 Å². The molecule has 3 aromatic rings. The molecular weight excluding hydrogens is 264 g/mol. The van der Waals surface area contributed by atoms with E-state index in [9.17, 15) is 4.79 Å². The number of aromatic nitrogens is 3. The van der Waals surface area contributed by atoms with Gasteiger partial charge in [0.15, 0.2) is 0 Å². The van der Waals surface area contributed by atoms with Gasteiger partial charge in [-0.2, -0.15) is 0 Å². The Morgan fingerprint density at radius 3 is 2.71 bits per heavy atom. The molecule has 0 atom stereocenters. The second-order valence-corrected chi connectivity index (χ2v) is 4.47. The standard InChI is InChI=1S/C16H14N4O/c21-16(13-5-4-8-17-11-13)19-12-15-18-9-10-20(15)14-6-2-1-3-7-14/h1-11H,12H2,(H,19,21). The molecule has 0 radical (unpaired) electrons. The largest absolute Gasteiger partial charge is 0.345 e. The van der Waals surface area contributed by atoms with Crippen LogP contribution in [0.2, 0.25) is 0 Å². The first kappa shape index (κ1) is 13.1. The Labute approximate surface area is 122 Å². The molecule has 0 saturated carbocycles. The fourth-order valence-corrected chi connectivity index (χ4v) is 2.05. The summed E-state index contributed by atoms with van der Waals surface area (Å²) < 4.78 is 1.95. The normalized spacial score (nSPS) is 10.3. The van der Waals surface area contributed by atoms with Gasteiger partial charge in [0.2, 0.25) is 0 Å². The van der Waals surface area contributed by atoms with Crippen LogP contribution in [0.3, 0.4) is 0 Å². The number of nitrogens with one attached hydrogen (secondary N) is 1. The minimum atomic E-state index is -0.161. The van der Waals surface area contributed by atoms with E-state index < -0.39 is 0 Å². The number of para-hydroxylation sites is 1. The number of amides is 1. The highest BCUT2D eigenvalue weighted by Gasteiger charge is 2.08. The van der Waals surface area contributed by atoms with Crippen LogP contribution in [-0.2, 0) is 6.54 Å². The predicted octanol–water partition coefficient (Wildman–Crippen LogP) is 2.20. The highest BCUT2D eigenvalue weighted by Crippen LogP contribution is 2.10. The van der Waals surface area contributed by atoms with Crippen LogP contribution >= 0.6 is 0 Å². The number of pyridine rings is 1. The number of carbonyl (C=O) groups excluding carboxylic acids is 1. The maximum Gasteiger partial charge on any atom is 0.253 e. The van der Waals surface area contributed by atoms with E-state index >= 15 is 0 Å². The Morgan fingerprint density at radius 2 is 1.95 bits per heavy atom. The van der Waals surface area contributed by atoms with Crippen LogP contribution < -0.4 is 5.32 Å². The average molecular weight is 278 g/mol. The molecule has 21 heavy (non-hydrogen) atoms. The van der Waals surface area contributed by atoms with Gasteiger partial charge in [-0.05, 0) is 24.3 Å². The van der Waals surface area contributed by atoms with Crippen LogP contribution in [0, 0.1) is 0 Å². The first-order valence-electron chi connectivity index (χ1n) is 6.60. The van der Waals surface area contributed by atoms with E-state index in [-0.39, 0.29) is 5.91 Å². The first-order chi connectivity index (χ1) is 10.3. The maximum absolute atomic E-state index is 12.0. The second kappa shape index (κ2) is 6.00. The van der Waals surface area contributed by atoms with E-state index in [4.69, 9.17) is 0 Å². The molecule has 0 aliphatic heterocycles. The monoisotopic (exact) mass is 278 g/mol. The lowest BCUT2D eigenvalue weighted by Crippen LogP contribution is -2.24. The SMILES string of the molecule is O=C(NCc1nccn1-c1ccccc1)c1cccnc1. The van der Waals surface area contributed by atoms with Crippen LogP contribution in [0.4, 0.5) is 0 Å². The molecule has 5 nitrogen and oxygen atoms in total. The van der Waals surface area contributed by atoms with Crippen molar-refractivity contribution < 1.29 is 4.79 Å². The van der Waals surface area contributed by atoms with E-state index in [0.717, 1.165) is 11.5 Å². The third-order valence-electron chi connectivity index (χ3n) is 3.08. The molecule has 5 heteroatoms. The minimum absolute atomic E-state index is 0.161. The number of imidazole rings is 1. The van der Waals surface area contributed by atoms with Crippen LogP contribution in [-0.4, -0.2) is 20.4 Å². The predicted molar refractivity (Wildman–Crippen MR) is 79.0 cm³/mol. The molecule has 2 heterocycles. The highest BCUT2D eigenvalue weighted by molar-refractivity contribution is 5.93. The van der Waals surface area contributed by atoms with Crippen LogP contribution in [0.15, 0.2) is 67.3 Å². The molecule has 0 unspecified atom stereocenters. The Kier molecular flexibility index (Phi) is 3.73. The van der Waals surface area contributed by atoms with Gasteiger partial charge in [0, 0.05) is 30.5 Å². The Hall–Kier alpha value is -2.95. The molecule has 1 N–H and O–H groups in total. The van der Waals surface area contributed by atoms with Crippen molar-refractivity contribution in [3.8, 4) is 5.69 Å². The van der Waals surface area contributed by atoms with E-state index in [2.05, 4.69) is 15.3 Å².